The van der Waals surface area contributed by atoms with Gasteiger partial charge in [0.15, 0.2) is 0 Å². The van der Waals surface area contributed by atoms with Crippen molar-refractivity contribution in [1.82, 2.24) is 9.47 Å². The highest BCUT2D eigenvalue weighted by atomic mass is 16.2. The van der Waals surface area contributed by atoms with Crippen molar-refractivity contribution in [1.29, 1.82) is 0 Å². The second kappa shape index (κ2) is 7.42. The van der Waals surface area contributed by atoms with E-state index in [-0.39, 0.29) is 17.4 Å². The lowest BCUT2D eigenvalue weighted by molar-refractivity contribution is 0.0666. The molecule has 4 aromatic rings. The summed E-state index contributed by atoms with van der Waals surface area (Å²) in [6.07, 6.45) is 2.12. The average molecular weight is 409 g/mol. The number of fused-ring (bicyclic) bond motifs is 2. The van der Waals surface area contributed by atoms with Crippen molar-refractivity contribution in [2.24, 2.45) is 0 Å². The minimum atomic E-state index is -0.0933. The highest BCUT2D eigenvalue weighted by Crippen LogP contribution is 2.35. The SMILES string of the molecule is CC(C)(C)c1ccc(C2c3cccn3CCN2C(=O)c2cccc3ccccc23)cc1. The van der Waals surface area contributed by atoms with Crippen molar-refractivity contribution in [3.05, 3.63) is 107 Å². The van der Waals surface area contributed by atoms with Crippen LogP contribution in [0.25, 0.3) is 10.8 Å². The number of amides is 1. The zero-order chi connectivity index (χ0) is 21.6. The van der Waals surface area contributed by atoms with Gasteiger partial charge in [-0.1, -0.05) is 81.4 Å². The Labute approximate surface area is 183 Å². The topological polar surface area (TPSA) is 25.2 Å². The monoisotopic (exact) mass is 408 g/mol. The molecule has 1 amide bonds. The maximum absolute atomic E-state index is 13.9. The van der Waals surface area contributed by atoms with Gasteiger partial charge in [0.05, 0.1) is 6.04 Å². The second-order valence-electron chi connectivity index (χ2n) is 9.43. The number of nitrogens with zero attached hydrogens (tertiary/aromatic N) is 2. The number of benzene rings is 3. The Hall–Kier alpha value is -3.33. The van der Waals surface area contributed by atoms with Crippen LogP contribution >= 0.6 is 0 Å². The van der Waals surface area contributed by atoms with E-state index in [9.17, 15) is 4.79 Å². The Balaban J connectivity index is 1.59. The van der Waals surface area contributed by atoms with E-state index in [1.807, 2.05) is 35.2 Å². The number of rotatable bonds is 2. The summed E-state index contributed by atoms with van der Waals surface area (Å²) in [4.78, 5) is 15.9. The molecule has 0 aliphatic carbocycles. The molecule has 156 valence electrons. The minimum absolute atomic E-state index is 0.0918. The summed E-state index contributed by atoms with van der Waals surface area (Å²) in [5.74, 6) is 0.0918. The fourth-order valence-corrected chi connectivity index (χ4v) is 4.68. The Kier molecular flexibility index (Phi) is 4.70. The smallest absolute Gasteiger partial charge is 0.255 e. The van der Waals surface area contributed by atoms with Gasteiger partial charge in [-0.15, -0.1) is 0 Å². The average Bonchev–Trinajstić information content (AvgIpc) is 3.26. The molecule has 2 heterocycles. The van der Waals surface area contributed by atoms with Gasteiger partial charge in [-0.3, -0.25) is 4.79 Å². The van der Waals surface area contributed by atoms with E-state index in [1.165, 1.54) is 11.3 Å². The van der Waals surface area contributed by atoms with Gasteiger partial charge in [0, 0.05) is 30.5 Å². The number of aromatic nitrogens is 1. The van der Waals surface area contributed by atoms with Crippen LogP contribution < -0.4 is 0 Å². The normalized spacial score (nSPS) is 16.4. The van der Waals surface area contributed by atoms with Crippen molar-refractivity contribution >= 4 is 16.7 Å². The van der Waals surface area contributed by atoms with Crippen LogP contribution in [-0.4, -0.2) is 21.9 Å². The second-order valence-corrected chi connectivity index (χ2v) is 9.43. The van der Waals surface area contributed by atoms with Crippen LogP contribution in [-0.2, 0) is 12.0 Å². The number of carbonyl (C=O) groups excluding carboxylic acids is 1. The van der Waals surface area contributed by atoms with Gasteiger partial charge in [-0.2, -0.15) is 0 Å². The van der Waals surface area contributed by atoms with E-state index in [2.05, 4.69) is 80.1 Å². The molecular weight excluding hydrogens is 380 g/mol. The molecule has 0 radical (unpaired) electrons. The van der Waals surface area contributed by atoms with Crippen molar-refractivity contribution in [2.75, 3.05) is 6.54 Å². The molecule has 3 heteroatoms. The Morgan fingerprint density at radius 1 is 0.839 bits per heavy atom. The van der Waals surface area contributed by atoms with E-state index >= 15 is 0 Å². The molecule has 1 aromatic heterocycles. The predicted molar refractivity (Wildman–Crippen MR) is 126 cm³/mol. The van der Waals surface area contributed by atoms with Crippen LogP contribution in [0.2, 0.25) is 0 Å². The van der Waals surface area contributed by atoms with Crippen LogP contribution in [0.3, 0.4) is 0 Å². The number of hydrogen-bond donors (Lipinski definition) is 0. The molecule has 0 fully saturated rings. The molecule has 0 saturated carbocycles. The van der Waals surface area contributed by atoms with Crippen molar-refractivity contribution in [2.45, 2.75) is 38.8 Å². The summed E-state index contributed by atoms with van der Waals surface area (Å²) in [7, 11) is 0. The Morgan fingerprint density at radius 2 is 1.58 bits per heavy atom. The molecule has 1 aliphatic rings. The molecule has 1 aliphatic heterocycles. The van der Waals surface area contributed by atoms with Crippen LogP contribution in [0.15, 0.2) is 85.1 Å². The lowest BCUT2D eigenvalue weighted by Crippen LogP contribution is -2.42. The van der Waals surface area contributed by atoms with E-state index in [0.29, 0.717) is 6.54 Å². The molecule has 3 nitrogen and oxygen atoms in total. The maximum atomic E-state index is 13.9. The van der Waals surface area contributed by atoms with Gasteiger partial charge in [0.1, 0.15) is 0 Å². The summed E-state index contributed by atoms with van der Waals surface area (Å²) < 4.78 is 2.27. The fraction of sp³-hybridized carbons (Fsp3) is 0.250. The lowest BCUT2D eigenvalue weighted by Gasteiger charge is -2.38. The fourth-order valence-electron chi connectivity index (χ4n) is 4.68. The molecule has 0 saturated heterocycles. The lowest BCUT2D eigenvalue weighted by atomic mass is 9.85. The highest BCUT2D eigenvalue weighted by Gasteiger charge is 2.33. The summed E-state index contributed by atoms with van der Waals surface area (Å²) in [5, 5.41) is 2.11. The summed E-state index contributed by atoms with van der Waals surface area (Å²) in [5.41, 5.74) is 4.50. The van der Waals surface area contributed by atoms with E-state index in [4.69, 9.17) is 0 Å². The third-order valence-corrected chi connectivity index (χ3v) is 6.41. The van der Waals surface area contributed by atoms with Crippen molar-refractivity contribution in [3.8, 4) is 0 Å². The van der Waals surface area contributed by atoms with E-state index in [0.717, 1.165) is 28.4 Å². The first-order chi connectivity index (χ1) is 14.9. The zero-order valence-corrected chi connectivity index (χ0v) is 18.4. The molecule has 31 heavy (non-hydrogen) atoms. The molecule has 1 atom stereocenters. The van der Waals surface area contributed by atoms with Gasteiger partial charge in [-0.25, -0.2) is 0 Å². The quantitative estimate of drug-likeness (QED) is 0.388. The largest absolute Gasteiger partial charge is 0.348 e. The van der Waals surface area contributed by atoms with E-state index in [1.54, 1.807) is 0 Å². The van der Waals surface area contributed by atoms with Crippen molar-refractivity contribution < 1.29 is 4.79 Å². The van der Waals surface area contributed by atoms with Gasteiger partial charge >= 0.3 is 0 Å². The molecular formula is C28H28N2O. The van der Waals surface area contributed by atoms with Gasteiger partial charge in [0.25, 0.3) is 5.91 Å². The Bertz CT molecular complexity index is 1240. The van der Waals surface area contributed by atoms with Gasteiger partial charge < -0.3 is 9.47 Å². The third-order valence-electron chi connectivity index (χ3n) is 6.41. The first kappa shape index (κ1) is 19.6. The Morgan fingerprint density at radius 3 is 2.35 bits per heavy atom. The van der Waals surface area contributed by atoms with E-state index < -0.39 is 0 Å². The minimum Gasteiger partial charge on any atom is -0.348 e. The van der Waals surface area contributed by atoms with Crippen LogP contribution in [0.1, 0.15) is 54.0 Å². The molecule has 0 N–H and O–H groups in total. The van der Waals surface area contributed by atoms with Crippen LogP contribution in [0.5, 0.6) is 0 Å². The van der Waals surface area contributed by atoms with Crippen molar-refractivity contribution in [3.63, 3.8) is 0 Å². The zero-order valence-electron chi connectivity index (χ0n) is 18.4. The van der Waals surface area contributed by atoms with Gasteiger partial charge in [-0.05, 0) is 45.5 Å². The highest BCUT2D eigenvalue weighted by molar-refractivity contribution is 6.07. The molecule has 1 unspecified atom stereocenters. The van der Waals surface area contributed by atoms with Crippen LogP contribution in [0.4, 0.5) is 0 Å². The molecule has 5 rings (SSSR count). The number of carbonyl (C=O) groups is 1. The summed E-state index contributed by atoms with van der Waals surface area (Å²) in [6.45, 7) is 8.18. The molecule has 0 bridgehead atoms. The first-order valence-corrected chi connectivity index (χ1v) is 11.0. The predicted octanol–water partition coefficient (Wildman–Crippen LogP) is 6.18. The molecule has 3 aromatic carbocycles. The summed E-state index contributed by atoms with van der Waals surface area (Å²) in [6, 6.07) is 27.1. The van der Waals surface area contributed by atoms with Gasteiger partial charge in [0.2, 0.25) is 0 Å². The standard InChI is InChI=1S/C28H28N2O/c1-28(2,3)22-15-13-21(14-16-22)26-25-12-7-17-29(25)18-19-30(26)27(31)24-11-6-9-20-8-4-5-10-23(20)24/h4-17,26H,18-19H2,1-3H3. The third kappa shape index (κ3) is 3.44. The first-order valence-electron chi connectivity index (χ1n) is 11.0. The van der Waals surface area contributed by atoms with Crippen LogP contribution in [0, 0.1) is 0 Å². The maximum Gasteiger partial charge on any atom is 0.255 e. The summed E-state index contributed by atoms with van der Waals surface area (Å²) >= 11 is 0. The molecule has 0 spiro atoms. The number of hydrogen-bond acceptors (Lipinski definition) is 1.